The van der Waals surface area contributed by atoms with E-state index in [9.17, 15) is 17.2 Å². The Morgan fingerprint density at radius 2 is 1.82 bits per heavy atom. The summed E-state index contributed by atoms with van der Waals surface area (Å²) in [7, 11) is -3.25. The van der Waals surface area contributed by atoms with Crippen molar-refractivity contribution in [3.63, 3.8) is 0 Å². The van der Waals surface area contributed by atoms with E-state index in [4.69, 9.17) is 0 Å². The van der Waals surface area contributed by atoms with Gasteiger partial charge in [-0.1, -0.05) is 19.1 Å². The molecular weight excluding hydrogens is 468 g/mol. The molecule has 0 bridgehead atoms. The summed E-state index contributed by atoms with van der Waals surface area (Å²) in [6.45, 7) is 6.76. The van der Waals surface area contributed by atoms with Crippen molar-refractivity contribution >= 4 is 28.1 Å². The highest BCUT2D eigenvalue weighted by molar-refractivity contribution is 7.93. The second-order valence-corrected chi connectivity index (χ2v) is 12.3. The van der Waals surface area contributed by atoms with Crippen LogP contribution in [0.5, 0.6) is 0 Å². The number of fused-ring (bicyclic) bond motifs is 1. The van der Waals surface area contributed by atoms with Crippen LogP contribution in [0.4, 0.5) is 14.5 Å². The predicted octanol–water partition coefficient (Wildman–Crippen LogP) is 4.34. The Hall–Kier alpha value is -0.960. The molecule has 0 radical (unpaired) electrons. The lowest BCUT2D eigenvalue weighted by Crippen LogP contribution is -2.43. The van der Waals surface area contributed by atoms with Gasteiger partial charge in [0.2, 0.25) is 10.0 Å². The zero-order valence-electron chi connectivity index (χ0n) is 19.3. The Morgan fingerprint density at radius 1 is 1.12 bits per heavy atom. The van der Waals surface area contributed by atoms with Gasteiger partial charge in [-0.25, -0.2) is 17.2 Å². The van der Waals surface area contributed by atoms with E-state index >= 15 is 0 Å². The molecule has 9 heteroatoms. The van der Waals surface area contributed by atoms with Gasteiger partial charge >= 0.3 is 0 Å². The largest absolute Gasteiger partial charge is 0.303 e. The van der Waals surface area contributed by atoms with Crippen LogP contribution in [0.2, 0.25) is 0 Å². The van der Waals surface area contributed by atoms with Gasteiger partial charge in [-0.15, -0.1) is 12.4 Å². The monoisotopic (exact) mass is 503 g/mol. The average Bonchev–Trinajstić information content (AvgIpc) is 3.64. The number of sulfonamides is 1. The van der Waals surface area contributed by atoms with Crippen LogP contribution in [0.1, 0.15) is 51.0 Å². The molecule has 2 saturated heterocycles. The fraction of sp³-hybridized carbons (Fsp3) is 0.750. The standard InChI is InChI=1S/C24H35F2N3O2S.ClH/c1-2-24(18-6-3-7-19(14-18)27-32(30,31)20-8-9-20)21-15-29(16-22(21)24)13-5-12-28-11-4-10-23(25,26)17-28;/h3,6-7,14,20-22,27H,2,4-5,8-13,15-17H2,1H3;1H/t21-,22+,24?;. The molecule has 1 N–H and O–H groups in total. The molecule has 1 aromatic carbocycles. The van der Waals surface area contributed by atoms with Crippen LogP contribution in [-0.2, 0) is 15.4 Å². The topological polar surface area (TPSA) is 52.7 Å². The first-order valence-electron chi connectivity index (χ1n) is 12.2. The zero-order valence-corrected chi connectivity index (χ0v) is 20.9. The molecular formula is C24H36ClF2N3O2S. The van der Waals surface area contributed by atoms with E-state index in [1.165, 1.54) is 5.56 Å². The number of hydrogen-bond donors (Lipinski definition) is 1. The number of nitrogens with one attached hydrogen (secondary N) is 1. The fourth-order valence-electron chi connectivity index (χ4n) is 6.41. The van der Waals surface area contributed by atoms with Crippen LogP contribution in [0.15, 0.2) is 24.3 Å². The summed E-state index contributed by atoms with van der Waals surface area (Å²) in [5.74, 6) is -1.32. The molecule has 3 atom stereocenters. The number of likely N-dealkylation sites (tertiary alicyclic amines) is 2. The highest BCUT2D eigenvalue weighted by Crippen LogP contribution is 2.65. The summed E-state index contributed by atoms with van der Waals surface area (Å²) >= 11 is 0. The molecule has 0 spiro atoms. The maximum absolute atomic E-state index is 13.6. The molecule has 4 fully saturated rings. The van der Waals surface area contributed by atoms with Gasteiger partial charge in [0.25, 0.3) is 5.92 Å². The third-order valence-electron chi connectivity index (χ3n) is 8.24. The van der Waals surface area contributed by atoms with E-state index in [2.05, 4.69) is 22.6 Å². The van der Waals surface area contributed by atoms with Crippen LogP contribution < -0.4 is 4.72 Å². The van der Waals surface area contributed by atoms with E-state index in [0.29, 0.717) is 23.9 Å². The Labute approximate surface area is 202 Å². The summed E-state index contributed by atoms with van der Waals surface area (Å²) in [6, 6.07) is 8.01. The van der Waals surface area contributed by atoms with Crippen LogP contribution >= 0.6 is 12.4 Å². The normalized spacial score (nSPS) is 31.6. The maximum atomic E-state index is 13.6. The first-order valence-corrected chi connectivity index (χ1v) is 13.7. The SMILES string of the molecule is CCC1(c2cccc(NS(=O)(=O)C3CC3)c2)[C@@H]2CN(CCCN3CCCC(F)(F)C3)C[C@@H]21.Cl. The lowest BCUT2D eigenvalue weighted by molar-refractivity contribution is -0.0643. The third kappa shape index (κ3) is 5.04. The number of piperidine rings is 2. The fourth-order valence-corrected chi connectivity index (χ4v) is 7.79. The van der Waals surface area contributed by atoms with Gasteiger partial charge < -0.3 is 4.90 Å². The van der Waals surface area contributed by atoms with Gasteiger partial charge in [-0.2, -0.15) is 0 Å². The molecule has 2 heterocycles. The zero-order chi connectivity index (χ0) is 22.6. The first-order chi connectivity index (χ1) is 15.2. The lowest BCUT2D eigenvalue weighted by Gasteiger charge is -2.33. The summed E-state index contributed by atoms with van der Waals surface area (Å²) < 4.78 is 54.7. The van der Waals surface area contributed by atoms with Crippen molar-refractivity contribution in [3.8, 4) is 0 Å². The highest BCUT2D eigenvalue weighted by Gasteiger charge is 2.67. The molecule has 2 aliphatic carbocycles. The Balaban J connectivity index is 0.00000259. The van der Waals surface area contributed by atoms with Crippen molar-refractivity contribution < 1.29 is 17.2 Å². The van der Waals surface area contributed by atoms with Gasteiger partial charge in [0.05, 0.1) is 11.8 Å². The predicted molar refractivity (Wildman–Crippen MR) is 130 cm³/mol. The number of nitrogens with zero attached hydrogens (tertiary/aromatic N) is 2. The number of hydrogen-bond acceptors (Lipinski definition) is 4. The Bertz CT molecular complexity index is 945. The number of rotatable bonds is 9. The smallest absolute Gasteiger partial charge is 0.260 e. The summed E-state index contributed by atoms with van der Waals surface area (Å²) in [5.41, 5.74) is 2.08. The van der Waals surface area contributed by atoms with Crippen LogP contribution in [0.3, 0.4) is 0 Å². The summed E-state index contributed by atoms with van der Waals surface area (Å²) in [4.78, 5) is 4.41. The Morgan fingerprint density at radius 3 is 2.45 bits per heavy atom. The minimum Gasteiger partial charge on any atom is -0.303 e. The molecule has 1 aromatic rings. The highest BCUT2D eigenvalue weighted by atomic mass is 35.5. The van der Waals surface area contributed by atoms with Gasteiger partial charge in [0.1, 0.15) is 0 Å². The molecule has 5 nitrogen and oxygen atoms in total. The van der Waals surface area contributed by atoms with Crippen molar-refractivity contribution in [2.24, 2.45) is 11.8 Å². The molecule has 1 unspecified atom stereocenters. The van der Waals surface area contributed by atoms with E-state index in [-0.39, 0.29) is 36.0 Å². The first kappa shape index (κ1) is 25.1. The Kier molecular flexibility index (Phi) is 7.04. The number of halogens is 3. The quantitative estimate of drug-likeness (QED) is 0.544. The van der Waals surface area contributed by atoms with Gasteiger partial charge in [-0.3, -0.25) is 9.62 Å². The minimum absolute atomic E-state index is 0. The van der Waals surface area contributed by atoms with Crippen molar-refractivity contribution in [2.75, 3.05) is 44.0 Å². The number of benzene rings is 1. The maximum Gasteiger partial charge on any atom is 0.260 e. The van der Waals surface area contributed by atoms with Gasteiger partial charge in [0.15, 0.2) is 0 Å². The van der Waals surface area contributed by atoms with Gasteiger partial charge in [0, 0.05) is 30.6 Å². The molecule has 0 aromatic heterocycles. The second-order valence-electron chi connectivity index (χ2n) is 10.4. The molecule has 33 heavy (non-hydrogen) atoms. The van der Waals surface area contributed by atoms with Gasteiger partial charge in [-0.05, 0) is 81.3 Å². The van der Waals surface area contributed by atoms with E-state index in [1.807, 2.05) is 23.1 Å². The second kappa shape index (κ2) is 9.25. The molecule has 5 rings (SSSR count). The van der Waals surface area contributed by atoms with Crippen LogP contribution in [0.25, 0.3) is 0 Å². The molecule has 2 saturated carbocycles. The van der Waals surface area contributed by atoms with E-state index in [0.717, 1.165) is 58.4 Å². The van der Waals surface area contributed by atoms with Crippen LogP contribution in [0, 0.1) is 11.8 Å². The van der Waals surface area contributed by atoms with Crippen molar-refractivity contribution in [2.45, 2.75) is 62.0 Å². The molecule has 2 aliphatic heterocycles. The number of alkyl halides is 2. The lowest BCUT2D eigenvalue weighted by atomic mass is 9.87. The summed E-state index contributed by atoms with van der Waals surface area (Å²) in [5, 5.41) is -0.226. The molecule has 4 aliphatic rings. The van der Waals surface area contributed by atoms with Crippen molar-refractivity contribution in [3.05, 3.63) is 29.8 Å². The van der Waals surface area contributed by atoms with E-state index < -0.39 is 15.9 Å². The average molecular weight is 504 g/mol. The van der Waals surface area contributed by atoms with Crippen molar-refractivity contribution in [1.29, 1.82) is 0 Å². The van der Waals surface area contributed by atoms with Crippen molar-refractivity contribution in [1.82, 2.24) is 9.80 Å². The molecule has 186 valence electrons. The van der Waals surface area contributed by atoms with Crippen LogP contribution in [-0.4, -0.2) is 68.7 Å². The molecule has 0 amide bonds. The third-order valence-corrected chi connectivity index (χ3v) is 10.1. The number of anilines is 1. The van der Waals surface area contributed by atoms with E-state index in [1.54, 1.807) is 0 Å². The minimum atomic E-state index is -3.25. The summed E-state index contributed by atoms with van der Waals surface area (Å²) in [6.07, 6.45) is 4.13.